The van der Waals surface area contributed by atoms with E-state index >= 15 is 0 Å². The van der Waals surface area contributed by atoms with Crippen LogP contribution in [0.15, 0.2) is 34.0 Å². The maximum absolute atomic E-state index is 12.8. The zero-order valence-electron chi connectivity index (χ0n) is 15.1. The van der Waals surface area contributed by atoms with Gasteiger partial charge in [-0.1, -0.05) is 6.92 Å². The molecule has 1 aromatic carbocycles. The van der Waals surface area contributed by atoms with E-state index in [0.717, 1.165) is 18.4 Å². The molecule has 0 atom stereocenters. The summed E-state index contributed by atoms with van der Waals surface area (Å²) in [5.41, 5.74) is 0.635. The molecule has 3 aromatic rings. The van der Waals surface area contributed by atoms with Gasteiger partial charge in [0.25, 0.3) is 5.56 Å². The first kappa shape index (κ1) is 18.1. The van der Waals surface area contributed by atoms with Crippen LogP contribution in [-0.2, 0) is 16.3 Å². The molecule has 2 heterocycles. The van der Waals surface area contributed by atoms with E-state index in [1.807, 2.05) is 26.8 Å². The van der Waals surface area contributed by atoms with Gasteiger partial charge >= 0.3 is 0 Å². The Labute approximate surface area is 151 Å². The average molecular weight is 375 g/mol. The molecule has 3 rings (SSSR count). The lowest BCUT2D eigenvalue weighted by molar-refractivity contribution is 0.510. The van der Waals surface area contributed by atoms with Gasteiger partial charge in [0.05, 0.1) is 16.3 Å². The number of nitrogens with one attached hydrogen (secondary N) is 2. The number of hydrogen-bond acceptors (Lipinski definition) is 6. The number of aryl methyl sites for hydroxylation is 1. The smallest absolute Gasteiger partial charge is 0.275 e. The van der Waals surface area contributed by atoms with Gasteiger partial charge in [-0.15, -0.1) is 0 Å². The highest BCUT2D eigenvalue weighted by molar-refractivity contribution is 7.90. The van der Waals surface area contributed by atoms with Crippen molar-refractivity contribution in [3.63, 3.8) is 0 Å². The van der Waals surface area contributed by atoms with Crippen molar-refractivity contribution in [3.8, 4) is 0 Å². The fourth-order valence-corrected chi connectivity index (χ4v) is 3.29. The quantitative estimate of drug-likeness (QED) is 0.709. The Hall–Kier alpha value is -2.68. The minimum atomic E-state index is -3.42. The third-order valence-corrected chi connectivity index (χ3v) is 5.18. The van der Waals surface area contributed by atoms with E-state index in [0.29, 0.717) is 22.4 Å². The summed E-state index contributed by atoms with van der Waals surface area (Å²) in [6.07, 6.45) is 1.93. The number of fused-ring (bicyclic) bond motifs is 1. The number of aromatic nitrogens is 4. The van der Waals surface area contributed by atoms with Gasteiger partial charge in [-0.25, -0.2) is 13.1 Å². The topological polar surface area (TPSA) is 110 Å². The molecule has 0 unspecified atom stereocenters. The Morgan fingerprint density at radius 2 is 1.96 bits per heavy atom. The normalized spacial score (nSPS) is 12.0. The van der Waals surface area contributed by atoms with Crippen molar-refractivity contribution in [2.45, 2.75) is 38.1 Å². The van der Waals surface area contributed by atoms with Crippen LogP contribution in [0.4, 0.5) is 11.6 Å². The van der Waals surface area contributed by atoms with Gasteiger partial charge in [0.1, 0.15) is 0 Å². The van der Waals surface area contributed by atoms with Crippen molar-refractivity contribution in [1.82, 2.24) is 20.0 Å². The second kappa shape index (κ2) is 6.56. The molecular formula is C17H21N5O3S. The van der Waals surface area contributed by atoms with Crippen molar-refractivity contribution >= 4 is 32.2 Å². The predicted octanol–water partition coefficient (Wildman–Crippen LogP) is 2.41. The third-order valence-electron chi connectivity index (χ3n) is 4.07. The standard InChI is InChI=1S/C17H21N5O3S/c1-5-11-8-15(20-19-11)18-16-13-7-6-12(26(4,24)25)9-14(13)17(23)22(21-16)10(2)3/h6-10H,5H2,1-4H3,(H2,18,19,20,21). The van der Waals surface area contributed by atoms with Gasteiger partial charge in [-0.3, -0.25) is 9.89 Å². The van der Waals surface area contributed by atoms with Crippen molar-refractivity contribution in [1.29, 1.82) is 0 Å². The van der Waals surface area contributed by atoms with Crippen LogP contribution in [0.25, 0.3) is 10.8 Å². The van der Waals surface area contributed by atoms with Crippen LogP contribution in [-0.4, -0.2) is 34.7 Å². The highest BCUT2D eigenvalue weighted by atomic mass is 32.2. The van der Waals surface area contributed by atoms with Crippen LogP contribution in [0.2, 0.25) is 0 Å². The molecule has 0 aliphatic rings. The number of aromatic amines is 1. The lowest BCUT2D eigenvalue weighted by Gasteiger charge is -2.14. The lowest BCUT2D eigenvalue weighted by atomic mass is 10.2. The third kappa shape index (κ3) is 3.34. The van der Waals surface area contributed by atoms with E-state index in [4.69, 9.17) is 0 Å². The number of nitrogens with zero attached hydrogens (tertiary/aromatic N) is 3. The van der Waals surface area contributed by atoms with E-state index in [9.17, 15) is 13.2 Å². The van der Waals surface area contributed by atoms with Gasteiger partial charge in [0.2, 0.25) is 0 Å². The number of H-pyrrole nitrogens is 1. The van der Waals surface area contributed by atoms with Gasteiger partial charge in [0, 0.05) is 23.4 Å². The van der Waals surface area contributed by atoms with Crippen molar-refractivity contribution in [3.05, 3.63) is 40.3 Å². The number of hydrogen-bond donors (Lipinski definition) is 2. The zero-order valence-corrected chi connectivity index (χ0v) is 15.9. The van der Waals surface area contributed by atoms with Crippen LogP contribution >= 0.6 is 0 Å². The summed E-state index contributed by atoms with van der Waals surface area (Å²) in [4.78, 5) is 12.9. The second-order valence-corrected chi connectivity index (χ2v) is 8.44. The van der Waals surface area contributed by atoms with Gasteiger partial charge in [0.15, 0.2) is 21.5 Å². The Morgan fingerprint density at radius 3 is 2.54 bits per heavy atom. The molecule has 0 aliphatic carbocycles. The molecule has 0 saturated heterocycles. The molecule has 0 aliphatic heterocycles. The van der Waals surface area contributed by atoms with Gasteiger partial charge < -0.3 is 5.32 Å². The van der Waals surface area contributed by atoms with E-state index in [2.05, 4.69) is 20.6 Å². The first-order chi connectivity index (χ1) is 12.2. The molecule has 0 saturated carbocycles. The molecule has 9 heteroatoms. The van der Waals surface area contributed by atoms with Crippen molar-refractivity contribution in [2.75, 3.05) is 11.6 Å². The molecule has 2 aromatic heterocycles. The van der Waals surface area contributed by atoms with Crippen LogP contribution < -0.4 is 10.9 Å². The van der Waals surface area contributed by atoms with E-state index in [-0.39, 0.29) is 16.5 Å². The molecule has 0 spiro atoms. The maximum Gasteiger partial charge on any atom is 0.275 e. The SMILES string of the molecule is CCc1cc(Nc2nn(C(C)C)c(=O)c3cc(S(C)(=O)=O)ccc23)n[nH]1. The summed E-state index contributed by atoms with van der Waals surface area (Å²) in [6, 6.07) is 6.16. The maximum atomic E-state index is 12.8. The Balaban J connectivity index is 2.24. The second-order valence-electron chi connectivity index (χ2n) is 6.43. The molecule has 0 radical (unpaired) electrons. The van der Waals surface area contributed by atoms with Crippen LogP contribution in [0.3, 0.4) is 0 Å². The van der Waals surface area contributed by atoms with Crippen molar-refractivity contribution in [2.24, 2.45) is 0 Å². The first-order valence-corrected chi connectivity index (χ1v) is 10.2. The van der Waals surface area contributed by atoms with E-state index in [1.165, 1.54) is 16.8 Å². The molecule has 138 valence electrons. The molecular weight excluding hydrogens is 354 g/mol. The Morgan fingerprint density at radius 1 is 1.23 bits per heavy atom. The van der Waals surface area contributed by atoms with E-state index in [1.54, 1.807) is 6.07 Å². The fraction of sp³-hybridized carbons (Fsp3) is 0.353. The summed E-state index contributed by atoms with van der Waals surface area (Å²) in [6.45, 7) is 5.69. The average Bonchev–Trinajstić information content (AvgIpc) is 3.03. The minimum Gasteiger partial charge on any atom is -0.321 e. The molecule has 0 amide bonds. The highest BCUT2D eigenvalue weighted by Crippen LogP contribution is 2.25. The lowest BCUT2D eigenvalue weighted by Crippen LogP contribution is -2.26. The predicted molar refractivity (Wildman–Crippen MR) is 101 cm³/mol. The number of benzene rings is 1. The van der Waals surface area contributed by atoms with Gasteiger partial charge in [-0.05, 0) is 38.5 Å². The summed E-state index contributed by atoms with van der Waals surface area (Å²) in [5, 5.41) is 15.5. The summed E-state index contributed by atoms with van der Waals surface area (Å²) < 4.78 is 25.1. The largest absolute Gasteiger partial charge is 0.321 e. The Kier molecular flexibility index (Phi) is 4.57. The van der Waals surface area contributed by atoms with Crippen LogP contribution in [0.1, 0.15) is 32.5 Å². The monoisotopic (exact) mass is 375 g/mol. The number of rotatable bonds is 5. The Bertz CT molecular complexity index is 1130. The fourth-order valence-electron chi connectivity index (χ4n) is 2.64. The highest BCUT2D eigenvalue weighted by Gasteiger charge is 2.16. The molecule has 2 N–H and O–H groups in total. The van der Waals surface area contributed by atoms with Crippen LogP contribution in [0, 0.1) is 0 Å². The van der Waals surface area contributed by atoms with Crippen LogP contribution in [0.5, 0.6) is 0 Å². The summed E-state index contributed by atoms with van der Waals surface area (Å²) in [5.74, 6) is 1.03. The van der Waals surface area contributed by atoms with E-state index < -0.39 is 9.84 Å². The molecule has 0 bridgehead atoms. The summed E-state index contributed by atoms with van der Waals surface area (Å²) in [7, 11) is -3.42. The number of sulfone groups is 1. The van der Waals surface area contributed by atoms with Gasteiger partial charge in [-0.2, -0.15) is 10.2 Å². The first-order valence-electron chi connectivity index (χ1n) is 8.28. The molecule has 26 heavy (non-hydrogen) atoms. The number of anilines is 2. The molecule has 8 nitrogen and oxygen atoms in total. The summed E-state index contributed by atoms with van der Waals surface area (Å²) >= 11 is 0. The molecule has 0 fully saturated rings. The minimum absolute atomic E-state index is 0.0996. The van der Waals surface area contributed by atoms with Crippen molar-refractivity contribution < 1.29 is 8.42 Å². The zero-order chi connectivity index (χ0) is 19.1.